The van der Waals surface area contributed by atoms with Crippen LogP contribution in [0.4, 0.5) is 0 Å². The van der Waals surface area contributed by atoms with E-state index in [1.54, 1.807) is 12.1 Å². The van der Waals surface area contributed by atoms with E-state index >= 15 is 0 Å². The second-order valence-electron chi connectivity index (χ2n) is 3.38. The molecule has 0 amide bonds. The van der Waals surface area contributed by atoms with Gasteiger partial charge >= 0.3 is 0 Å². The Labute approximate surface area is 94.8 Å². The largest absolute Gasteiger partial charge is 0.496 e. The number of ether oxygens (including phenoxy) is 2. The topological polar surface area (TPSA) is 55.8 Å². The molecule has 4 heteroatoms. The van der Waals surface area contributed by atoms with Crippen LogP contribution in [0.25, 0.3) is 0 Å². The number of benzene rings is 1. The smallest absolute Gasteiger partial charge is 0.150 e. The zero-order valence-electron chi connectivity index (χ0n) is 9.69. The van der Waals surface area contributed by atoms with E-state index in [1.807, 2.05) is 6.92 Å². The first kappa shape index (κ1) is 12.5. The van der Waals surface area contributed by atoms with Gasteiger partial charge in [0.1, 0.15) is 17.8 Å². The maximum Gasteiger partial charge on any atom is 0.150 e. The lowest BCUT2D eigenvalue weighted by Gasteiger charge is -2.17. The van der Waals surface area contributed by atoms with E-state index in [1.165, 1.54) is 14.2 Å². The summed E-state index contributed by atoms with van der Waals surface area (Å²) >= 11 is 0. The second kappa shape index (κ2) is 5.51. The van der Waals surface area contributed by atoms with Crippen molar-refractivity contribution in [2.75, 3.05) is 14.2 Å². The highest BCUT2D eigenvalue weighted by atomic mass is 16.5. The van der Waals surface area contributed by atoms with E-state index < -0.39 is 6.10 Å². The van der Waals surface area contributed by atoms with Crippen LogP contribution < -0.4 is 9.47 Å². The predicted octanol–water partition coefficient (Wildman–Crippen LogP) is 1.96. The zero-order chi connectivity index (χ0) is 12.1. The average Bonchev–Trinajstić information content (AvgIpc) is 2.35. The van der Waals surface area contributed by atoms with E-state index in [2.05, 4.69) is 0 Å². The Morgan fingerprint density at radius 3 is 2.12 bits per heavy atom. The van der Waals surface area contributed by atoms with Crippen LogP contribution in [0, 0.1) is 0 Å². The molecule has 0 aliphatic heterocycles. The fourth-order valence-electron chi connectivity index (χ4n) is 1.56. The molecule has 0 spiro atoms. The molecule has 1 atom stereocenters. The molecule has 88 valence electrons. The van der Waals surface area contributed by atoms with Gasteiger partial charge in [-0.05, 0) is 18.6 Å². The monoisotopic (exact) mass is 224 g/mol. The average molecular weight is 224 g/mol. The molecule has 0 saturated heterocycles. The first-order valence-corrected chi connectivity index (χ1v) is 5.07. The molecule has 1 rings (SSSR count). The Morgan fingerprint density at radius 1 is 1.31 bits per heavy atom. The van der Waals surface area contributed by atoms with Crippen molar-refractivity contribution in [2.24, 2.45) is 0 Å². The Balaban J connectivity index is 3.36. The summed E-state index contributed by atoms with van der Waals surface area (Å²) in [7, 11) is 2.99. The van der Waals surface area contributed by atoms with Gasteiger partial charge in [-0.25, -0.2) is 0 Å². The molecule has 0 radical (unpaired) electrons. The van der Waals surface area contributed by atoms with Crippen molar-refractivity contribution in [3.8, 4) is 11.5 Å². The number of carbonyl (C=O) groups is 1. The number of carbonyl (C=O) groups excluding carboxylic acids is 1. The summed E-state index contributed by atoms with van der Waals surface area (Å²) in [6.07, 6.45) is 0.603. The Kier molecular flexibility index (Phi) is 4.31. The van der Waals surface area contributed by atoms with E-state index in [-0.39, 0.29) is 0 Å². The fourth-order valence-corrected chi connectivity index (χ4v) is 1.56. The lowest BCUT2D eigenvalue weighted by atomic mass is 10.0. The van der Waals surface area contributed by atoms with Gasteiger partial charge in [0.2, 0.25) is 0 Å². The number of aldehydes is 1. The van der Waals surface area contributed by atoms with Crippen molar-refractivity contribution in [2.45, 2.75) is 19.4 Å². The van der Waals surface area contributed by atoms with Crippen LogP contribution in [0.1, 0.15) is 35.4 Å². The molecule has 0 saturated carbocycles. The highest BCUT2D eigenvalue weighted by Crippen LogP contribution is 2.36. The quantitative estimate of drug-likeness (QED) is 0.777. The molecule has 0 aliphatic carbocycles. The molecule has 1 aromatic carbocycles. The van der Waals surface area contributed by atoms with Gasteiger partial charge in [-0.1, -0.05) is 6.92 Å². The highest BCUT2D eigenvalue weighted by molar-refractivity contribution is 5.77. The van der Waals surface area contributed by atoms with E-state index in [4.69, 9.17) is 9.47 Å². The fraction of sp³-hybridized carbons (Fsp3) is 0.417. The maximum atomic E-state index is 10.7. The third-order valence-corrected chi connectivity index (χ3v) is 2.42. The molecule has 1 N–H and O–H groups in total. The van der Waals surface area contributed by atoms with Crippen LogP contribution in [0.5, 0.6) is 11.5 Å². The van der Waals surface area contributed by atoms with Gasteiger partial charge in [0.15, 0.2) is 0 Å². The lowest BCUT2D eigenvalue weighted by Crippen LogP contribution is -2.03. The van der Waals surface area contributed by atoms with Crippen molar-refractivity contribution < 1.29 is 19.4 Å². The molecular weight excluding hydrogens is 208 g/mol. The third-order valence-electron chi connectivity index (χ3n) is 2.42. The summed E-state index contributed by atoms with van der Waals surface area (Å²) in [5.74, 6) is 0.937. The van der Waals surface area contributed by atoms with Crippen LogP contribution in [0.15, 0.2) is 12.1 Å². The van der Waals surface area contributed by atoms with Crippen molar-refractivity contribution >= 4 is 6.29 Å². The summed E-state index contributed by atoms with van der Waals surface area (Å²) in [5.41, 5.74) is 1.04. The minimum absolute atomic E-state index is 0.459. The van der Waals surface area contributed by atoms with Crippen molar-refractivity contribution in [3.63, 3.8) is 0 Å². The molecule has 0 bridgehead atoms. The van der Waals surface area contributed by atoms with Gasteiger partial charge in [-0.2, -0.15) is 0 Å². The summed E-state index contributed by atoms with van der Waals surface area (Å²) < 4.78 is 10.3. The first-order chi connectivity index (χ1) is 7.67. The predicted molar refractivity (Wildman–Crippen MR) is 60.2 cm³/mol. The molecule has 0 aliphatic rings. The van der Waals surface area contributed by atoms with E-state index in [0.717, 1.165) is 0 Å². The van der Waals surface area contributed by atoms with Gasteiger partial charge in [-0.3, -0.25) is 4.79 Å². The maximum absolute atomic E-state index is 10.7. The van der Waals surface area contributed by atoms with Crippen LogP contribution in [0.3, 0.4) is 0 Å². The van der Waals surface area contributed by atoms with Crippen molar-refractivity contribution in [1.82, 2.24) is 0 Å². The van der Waals surface area contributed by atoms with Crippen molar-refractivity contribution in [3.05, 3.63) is 23.3 Å². The Morgan fingerprint density at radius 2 is 1.81 bits per heavy atom. The van der Waals surface area contributed by atoms with Gasteiger partial charge in [-0.15, -0.1) is 0 Å². The Hall–Kier alpha value is -1.55. The summed E-state index contributed by atoms with van der Waals surface area (Å²) in [5, 5.41) is 9.87. The number of methoxy groups -OCH3 is 2. The van der Waals surface area contributed by atoms with Crippen LogP contribution in [-0.4, -0.2) is 25.6 Å². The molecule has 0 aromatic heterocycles. The van der Waals surface area contributed by atoms with Gasteiger partial charge in [0.05, 0.1) is 25.9 Å². The SMILES string of the molecule is CCC(O)c1c(OC)cc(C=O)cc1OC. The summed E-state index contributed by atoms with van der Waals surface area (Å²) in [6.45, 7) is 1.86. The minimum atomic E-state index is -0.661. The summed E-state index contributed by atoms with van der Waals surface area (Å²) in [6, 6.07) is 3.17. The first-order valence-electron chi connectivity index (χ1n) is 5.07. The zero-order valence-corrected chi connectivity index (χ0v) is 9.69. The van der Waals surface area contributed by atoms with Crippen LogP contribution >= 0.6 is 0 Å². The number of rotatable bonds is 5. The lowest BCUT2D eigenvalue weighted by molar-refractivity contribution is 0.112. The van der Waals surface area contributed by atoms with E-state index in [9.17, 15) is 9.90 Å². The number of hydrogen-bond donors (Lipinski definition) is 1. The van der Waals surface area contributed by atoms with Gasteiger partial charge < -0.3 is 14.6 Å². The normalized spacial score (nSPS) is 12.0. The standard InChI is InChI=1S/C12H16O4/c1-4-9(14)12-10(15-2)5-8(7-13)6-11(12)16-3/h5-7,9,14H,4H2,1-3H3. The number of aliphatic hydroxyl groups excluding tert-OH is 1. The molecular formula is C12H16O4. The van der Waals surface area contributed by atoms with Crippen molar-refractivity contribution in [1.29, 1.82) is 0 Å². The van der Waals surface area contributed by atoms with Crippen LogP contribution in [0.2, 0.25) is 0 Å². The third kappa shape index (κ3) is 2.33. The number of hydrogen-bond acceptors (Lipinski definition) is 4. The summed E-state index contributed by atoms with van der Waals surface area (Å²) in [4.78, 5) is 10.7. The second-order valence-corrected chi connectivity index (χ2v) is 3.38. The molecule has 0 heterocycles. The molecule has 1 unspecified atom stereocenters. The molecule has 1 aromatic rings. The number of aliphatic hydroxyl groups is 1. The molecule has 0 fully saturated rings. The van der Waals surface area contributed by atoms with Gasteiger partial charge in [0.25, 0.3) is 0 Å². The minimum Gasteiger partial charge on any atom is -0.496 e. The Bertz CT molecular complexity index is 348. The highest BCUT2D eigenvalue weighted by Gasteiger charge is 2.18. The van der Waals surface area contributed by atoms with Gasteiger partial charge in [0, 0.05) is 5.56 Å². The molecule has 4 nitrogen and oxygen atoms in total. The molecule has 16 heavy (non-hydrogen) atoms. The van der Waals surface area contributed by atoms with Crippen LogP contribution in [-0.2, 0) is 0 Å². The van der Waals surface area contributed by atoms with E-state index in [0.29, 0.717) is 35.3 Å².